The number of carbonyl (C=O) groups excluding carboxylic acids is 3. The van der Waals surface area contributed by atoms with Crippen LogP contribution < -0.4 is 0 Å². The van der Waals surface area contributed by atoms with Gasteiger partial charge in [-0.05, 0) is 22.6 Å². The molecule has 0 radical (unpaired) electrons. The Kier molecular flexibility index (Phi) is 2.98. The first-order chi connectivity index (χ1) is 5.95. The maximum absolute atomic E-state index is 10.9. The minimum Gasteiger partial charge on any atom is -0.445 e. The van der Waals surface area contributed by atoms with Crippen LogP contribution in [-0.4, -0.2) is 44.1 Å². The van der Waals surface area contributed by atoms with Gasteiger partial charge in [-0.1, -0.05) is 0 Å². The summed E-state index contributed by atoms with van der Waals surface area (Å²) in [6, 6.07) is 0. The second kappa shape index (κ2) is 3.68. The van der Waals surface area contributed by atoms with Crippen LogP contribution in [0.4, 0.5) is 0 Å². The lowest BCUT2D eigenvalue weighted by atomic mass is 10.1. The van der Waals surface area contributed by atoms with Crippen LogP contribution in [0.2, 0.25) is 0 Å². The first-order valence-corrected chi connectivity index (χ1v) is 4.49. The zero-order valence-electron chi connectivity index (χ0n) is 6.14. The summed E-state index contributed by atoms with van der Waals surface area (Å²) in [7, 11) is 0. The minimum atomic E-state index is -1.57. The molecular formula is C6H5IO6. The van der Waals surface area contributed by atoms with Gasteiger partial charge in [0, 0.05) is 0 Å². The summed E-state index contributed by atoms with van der Waals surface area (Å²) >= 11 is 1.43. The summed E-state index contributed by atoms with van der Waals surface area (Å²) in [5.41, 5.74) is 0. The average molecular weight is 300 g/mol. The number of carbonyl (C=O) groups is 3. The quantitative estimate of drug-likeness (QED) is 0.269. The first-order valence-electron chi connectivity index (χ1n) is 3.24. The molecule has 0 amide bonds. The fourth-order valence-electron chi connectivity index (χ4n) is 0.821. The van der Waals surface area contributed by atoms with E-state index in [4.69, 9.17) is 10.2 Å². The molecule has 0 bridgehead atoms. The van der Waals surface area contributed by atoms with Gasteiger partial charge in [0.2, 0.25) is 0 Å². The van der Waals surface area contributed by atoms with E-state index in [1.807, 2.05) is 0 Å². The lowest BCUT2D eigenvalue weighted by Crippen LogP contribution is -2.39. The van der Waals surface area contributed by atoms with Crippen LogP contribution in [0.1, 0.15) is 0 Å². The molecule has 1 heterocycles. The van der Waals surface area contributed by atoms with Crippen LogP contribution in [0.3, 0.4) is 0 Å². The highest BCUT2D eigenvalue weighted by atomic mass is 127. The van der Waals surface area contributed by atoms with Crippen molar-refractivity contribution in [3.63, 3.8) is 0 Å². The molecule has 1 saturated heterocycles. The highest BCUT2D eigenvalue weighted by Crippen LogP contribution is 2.16. The van der Waals surface area contributed by atoms with Crippen LogP contribution in [0.15, 0.2) is 0 Å². The lowest BCUT2D eigenvalue weighted by Gasteiger charge is -2.15. The van der Waals surface area contributed by atoms with Crippen LogP contribution in [0, 0.1) is 0 Å². The average Bonchev–Trinajstić information content (AvgIpc) is 2.31. The monoisotopic (exact) mass is 300 g/mol. The molecule has 0 aliphatic carbocycles. The van der Waals surface area contributed by atoms with Gasteiger partial charge in [0.05, 0.1) is 0 Å². The maximum atomic E-state index is 10.9. The number of ketones is 2. The van der Waals surface area contributed by atoms with E-state index >= 15 is 0 Å². The molecule has 1 rings (SSSR count). The van der Waals surface area contributed by atoms with Gasteiger partial charge in [-0.2, -0.15) is 0 Å². The van der Waals surface area contributed by atoms with Gasteiger partial charge in [0.25, 0.3) is 5.78 Å². The molecule has 72 valence electrons. The Labute approximate surface area is 86.0 Å². The van der Waals surface area contributed by atoms with Gasteiger partial charge in [-0.15, -0.1) is 0 Å². The molecule has 0 aromatic carbocycles. The van der Waals surface area contributed by atoms with Gasteiger partial charge < -0.3 is 14.9 Å². The van der Waals surface area contributed by atoms with Crippen molar-refractivity contribution in [2.45, 2.75) is 16.3 Å². The third-order valence-corrected chi connectivity index (χ3v) is 2.23. The largest absolute Gasteiger partial charge is 0.445 e. The molecule has 0 saturated carbocycles. The molecule has 3 atom stereocenters. The second-order valence-corrected chi connectivity index (χ2v) is 3.66. The normalized spacial score (nSPS) is 27.3. The third kappa shape index (κ3) is 1.86. The molecule has 1 aliphatic heterocycles. The van der Waals surface area contributed by atoms with Crippen molar-refractivity contribution >= 4 is 40.1 Å². The van der Waals surface area contributed by atoms with Crippen molar-refractivity contribution in [2.24, 2.45) is 0 Å². The predicted molar refractivity (Wildman–Crippen MR) is 45.9 cm³/mol. The maximum Gasteiger partial charge on any atom is 0.383 e. The molecule has 0 aromatic rings. The smallest absolute Gasteiger partial charge is 0.383 e. The Bertz CT molecular complexity index is 272. The van der Waals surface area contributed by atoms with E-state index in [1.165, 1.54) is 22.6 Å². The van der Waals surface area contributed by atoms with E-state index in [-0.39, 0.29) is 0 Å². The van der Waals surface area contributed by atoms with Gasteiger partial charge in [-0.3, -0.25) is 9.59 Å². The van der Waals surface area contributed by atoms with Gasteiger partial charge in [0.1, 0.15) is 10.2 Å². The molecular weight excluding hydrogens is 295 g/mol. The fraction of sp³-hybridized carbons (Fsp3) is 0.500. The predicted octanol–water partition coefficient (Wildman–Crippen LogP) is -1.84. The molecule has 7 heteroatoms. The Hall–Kier alpha value is -0.540. The number of alkyl halides is 1. The van der Waals surface area contributed by atoms with E-state index in [9.17, 15) is 14.4 Å². The Morgan fingerprint density at radius 3 is 2.15 bits per heavy atom. The van der Waals surface area contributed by atoms with Crippen molar-refractivity contribution in [2.75, 3.05) is 0 Å². The molecule has 1 fully saturated rings. The summed E-state index contributed by atoms with van der Waals surface area (Å²) in [4.78, 5) is 32.0. The standard InChI is InChI=1S/C6H5IO6/c7-5(11)3(10)4-1(8)2(9)6(12)13-4/h3-5,10-11H/t3-,4+,5?/m1/s1. The van der Waals surface area contributed by atoms with Crippen molar-refractivity contribution in [3.05, 3.63) is 0 Å². The number of aliphatic hydroxyl groups is 2. The zero-order chi connectivity index (χ0) is 10.2. The molecule has 0 aromatic heterocycles. The molecule has 2 N–H and O–H groups in total. The summed E-state index contributed by atoms with van der Waals surface area (Å²) in [6.45, 7) is 0. The Morgan fingerprint density at radius 1 is 1.31 bits per heavy atom. The van der Waals surface area contributed by atoms with Gasteiger partial charge >= 0.3 is 11.8 Å². The Balaban J connectivity index is 2.80. The fourth-order valence-corrected chi connectivity index (χ4v) is 1.20. The van der Waals surface area contributed by atoms with Crippen molar-refractivity contribution < 1.29 is 29.3 Å². The zero-order valence-corrected chi connectivity index (χ0v) is 8.29. The van der Waals surface area contributed by atoms with Crippen LogP contribution in [0.25, 0.3) is 0 Å². The third-order valence-electron chi connectivity index (χ3n) is 1.49. The number of esters is 1. The number of Topliss-reactive ketones (excluding diaryl/α,β-unsaturated/α-hetero) is 2. The lowest BCUT2D eigenvalue weighted by molar-refractivity contribution is -0.152. The van der Waals surface area contributed by atoms with Crippen LogP contribution in [-0.2, 0) is 19.1 Å². The van der Waals surface area contributed by atoms with E-state index in [1.54, 1.807) is 0 Å². The molecule has 1 unspecified atom stereocenters. The molecule has 13 heavy (non-hydrogen) atoms. The number of cyclic esters (lactones) is 1. The van der Waals surface area contributed by atoms with E-state index in [0.717, 1.165) is 0 Å². The molecule has 0 spiro atoms. The van der Waals surface area contributed by atoms with E-state index in [0.29, 0.717) is 0 Å². The topological polar surface area (TPSA) is 101 Å². The SMILES string of the molecule is O=C1O[C@H]([C@@H](O)C(O)I)C(=O)C1=O. The number of hydrogen-bond acceptors (Lipinski definition) is 6. The van der Waals surface area contributed by atoms with E-state index < -0.39 is 33.9 Å². The number of ether oxygens (including phenoxy) is 1. The number of aliphatic hydroxyl groups excluding tert-OH is 2. The highest BCUT2D eigenvalue weighted by Gasteiger charge is 2.47. The Morgan fingerprint density at radius 2 is 1.85 bits per heavy atom. The number of rotatable bonds is 2. The summed E-state index contributed by atoms with van der Waals surface area (Å²) in [5.74, 6) is -3.69. The van der Waals surface area contributed by atoms with Crippen molar-refractivity contribution in [3.8, 4) is 0 Å². The second-order valence-electron chi connectivity index (χ2n) is 2.38. The number of hydrogen-bond donors (Lipinski definition) is 2. The first kappa shape index (κ1) is 10.5. The highest BCUT2D eigenvalue weighted by molar-refractivity contribution is 14.1. The molecule has 1 aliphatic rings. The van der Waals surface area contributed by atoms with Crippen molar-refractivity contribution in [1.29, 1.82) is 0 Å². The van der Waals surface area contributed by atoms with Crippen molar-refractivity contribution in [1.82, 2.24) is 0 Å². The number of halogens is 1. The van der Waals surface area contributed by atoms with Crippen LogP contribution >= 0.6 is 22.6 Å². The van der Waals surface area contributed by atoms with Gasteiger partial charge in [-0.25, -0.2) is 4.79 Å². The minimum absolute atomic E-state index is 1.12. The molecule has 6 nitrogen and oxygen atoms in total. The summed E-state index contributed by atoms with van der Waals surface area (Å²) in [5, 5.41) is 18.0. The van der Waals surface area contributed by atoms with Gasteiger partial charge in [0.15, 0.2) is 6.10 Å². The van der Waals surface area contributed by atoms with Crippen LogP contribution in [0.5, 0.6) is 0 Å². The summed E-state index contributed by atoms with van der Waals surface area (Å²) < 4.78 is 2.98. The van der Waals surface area contributed by atoms with E-state index in [2.05, 4.69) is 4.74 Å². The summed E-state index contributed by atoms with van der Waals surface area (Å²) in [6.07, 6.45) is -3.13.